The number of allylic oxidation sites excluding steroid dienone is 5. The molecule has 4 atom stereocenters. The first-order valence-corrected chi connectivity index (χ1v) is 17.0. The van der Waals surface area contributed by atoms with E-state index in [1.807, 2.05) is 6.92 Å². The summed E-state index contributed by atoms with van der Waals surface area (Å²) < 4.78 is 12.6. The maximum absolute atomic E-state index is 13.4. The molecule has 2 aliphatic rings. The topological polar surface area (TPSA) is 35.5 Å². The lowest BCUT2D eigenvalue weighted by Gasteiger charge is -2.49. The van der Waals surface area contributed by atoms with Gasteiger partial charge < -0.3 is 8.85 Å². The molecule has 27 heavy (non-hydrogen) atoms. The third-order valence-electron chi connectivity index (χ3n) is 5.63. The van der Waals surface area contributed by atoms with E-state index >= 15 is 0 Å². The monoisotopic (exact) mass is 406 g/mol. The molecule has 0 amide bonds. The van der Waals surface area contributed by atoms with Gasteiger partial charge in [0.05, 0.1) is 11.2 Å². The van der Waals surface area contributed by atoms with Crippen molar-refractivity contribution in [1.82, 2.24) is 0 Å². The van der Waals surface area contributed by atoms with Crippen LogP contribution in [-0.2, 0) is 13.6 Å². The number of fused-ring (bicyclic) bond motifs is 1. The molecule has 0 aliphatic heterocycles. The van der Waals surface area contributed by atoms with Gasteiger partial charge in [-0.3, -0.25) is 4.79 Å². The quantitative estimate of drug-likeness (QED) is 0.398. The molecular formula is C22H38O3Si2. The van der Waals surface area contributed by atoms with Gasteiger partial charge in [0, 0.05) is 11.8 Å². The Morgan fingerprint density at radius 1 is 1.15 bits per heavy atom. The van der Waals surface area contributed by atoms with Gasteiger partial charge in [-0.2, -0.15) is 0 Å². The molecule has 0 N–H and O–H groups in total. The Balaban J connectivity index is 2.51. The summed E-state index contributed by atoms with van der Waals surface area (Å²) in [5.74, 6) is 1.54. The van der Waals surface area contributed by atoms with Crippen LogP contribution in [0.2, 0.25) is 39.3 Å². The van der Waals surface area contributed by atoms with E-state index in [1.165, 1.54) is 5.57 Å². The van der Waals surface area contributed by atoms with Gasteiger partial charge in [-0.1, -0.05) is 24.3 Å². The summed E-state index contributed by atoms with van der Waals surface area (Å²) in [6, 6.07) is 0. The first kappa shape index (κ1) is 22.2. The van der Waals surface area contributed by atoms with Crippen molar-refractivity contribution in [3.05, 3.63) is 35.6 Å². The van der Waals surface area contributed by atoms with E-state index in [0.29, 0.717) is 0 Å². The van der Waals surface area contributed by atoms with Crippen LogP contribution in [0.15, 0.2) is 35.6 Å². The van der Waals surface area contributed by atoms with E-state index in [2.05, 4.69) is 77.4 Å². The van der Waals surface area contributed by atoms with Crippen molar-refractivity contribution in [1.29, 1.82) is 0 Å². The maximum atomic E-state index is 13.4. The number of hydrogen-bond donors (Lipinski definition) is 0. The minimum absolute atomic E-state index is 0.0315. The predicted octanol–water partition coefficient (Wildman–Crippen LogP) is 6.28. The van der Waals surface area contributed by atoms with Crippen LogP contribution in [0.3, 0.4) is 0 Å². The minimum Gasteiger partial charge on any atom is -0.547 e. The maximum Gasteiger partial charge on any atom is 0.299 e. The average molecular weight is 407 g/mol. The van der Waals surface area contributed by atoms with E-state index in [0.717, 1.165) is 18.6 Å². The molecule has 0 fully saturated rings. The van der Waals surface area contributed by atoms with E-state index in [1.54, 1.807) is 0 Å². The summed E-state index contributed by atoms with van der Waals surface area (Å²) in [6.07, 6.45) is 10.7. The summed E-state index contributed by atoms with van der Waals surface area (Å²) in [4.78, 5) is 13.4. The van der Waals surface area contributed by atoms with E-state index in [4.69, 9.17) is 8.85 Å². The zero-order valence-corrected chi connectivity index (χ0v) is 20.7. The Kier molecular flexibility index (Phi) is 6.37. The number of hydrogen-bond acceptors (Lipinski definition) is 3. The van der Waals surface area contributed by atoms with Gasteiger partial charge in [-0.05, 0) is 84.4 Å². The predicted molar refractivity (Wildman–Crippen MR) is 118 cm³/mol. The van der Waals surface area contributed by atoms with Gasteiger partial charge >= 0.3 is 0 Å². The number of carbonyl (C=O) groups is 1. The lowest BCUT2D eigenvalue weighted by Crippen LogP contribution is -2.51. The van der Waals surface area contributed by atoms with Crippen LogP contribution >= 0.6 is 0 Å². The van der Waals surface area contributed by atoms with Crippen molar-refractivity contribution < 1.29 is 13.6 Å². The first-order valence-electron chi connectivity index (χ1n) is 10.2. The molecular weight excluding hydrogens is 368 g/mol. The second-order valence-electron chi connectivity index (χ2n) is 10.3. The number of carbonyl (C=O) groups excluding carboxylic acids is 1. The van der Waals surface area contributed by atoms with Crippen LogP contribution in [-0.4, -0.2) is 22.6 Å². The highest BCUT2D eigenvalue weighted by Crippen LogP contribution is 2.54. The smallest absolute Gasteiger partial charge is 0.299 e. The Morgan fingerprint density at radius 2 is 1.78 bits per heavy atom. The van der Waals surface area contributed by atoms with Crippen molar-refractivity contribution in [3.63, 3.8) is 0 Å². The Hall–Kier alpha value is -1.08. The van der Waals surface area contributed by atoms with Gasteiger partial charge in [-0.25, -0.2) is 0 Å². The molecule has 0 radical (unpaired) electrons. The van der Waals surface area contributed by atoms with Crippen LogP contribution in [0, 0.1) is 23.2 Å². The highest BCUT2D eigenvalue weighted by Gasteiger charge is 2.54. The van der Waals surface area contributed by atoms with Gasteiger partial charge in [0.25, 0.3) is 5.97 Å². The Bertz CT molecular complexity index is 664. The molecule has 0 aromatic rings. The van der Waals surface area contributed by atoms with Crippen LogP contribution in [0.25, 0.3) is 0 Å². The molecule has 2 rings (SSSR count). The van der Waals surface area contributed by atoms with Crippen molar-refractivity contribution in [2.45, 2.75) is 72.9 Å². The third kappa shape index (κ3) is 4.86. The van der Waals surface area contributed by atoms with Gasteiger partial charge in [0.1, 0.15) is 0 Å². The Morgan fingerprint density at radius 3 is 2.30 bits per heavy atom. The molecule has 0 aromatic heterocycles. The largest absolute Gasteiger partial charge is 0.547 e. The summed E-state index contributed by atoms with van der Waals surface area (Å²) >= 11 is 0. The van der Waals surface area contributed by atoms with Crippen LogP contribution in [0.4, 0.5) is 0 Å². The SMILES string of the molecule is C/C=C/[C@@H]1C=C[C@@H]2C(O[Si](C)(C)C)=C(C)CC[C@H]2[C@]1(C)C(=O)O[Si](C)(C)C. The van der Waals surface area contributed by atoms with Gasteiger partial charge in [0.15, 0.2) is 0 Å². The molecule has 0 aromatic carbocycles. The lowest BCUT2D eigenvalue weighted by molar-refractivity contribution is -0.153. The fourth-order valence-electron chi connectivity index (χ4n) is 4.35. The van der Waals surface area contributed by atoms with E-state index in [-0.39, 0.29) is 23.7 Å². The third-order valence-corrected chi connectivity index (χ3v) is 7.26. The fraction of sp³-hybridized carbons (Fsp3) is 0.682. The zero-order valence-electron chi connectivity index (χ0n) is 18.7. The lowest BCUT2D eigenvalue weighted by atomic mass is 9.56. The van der Waals surface area contributed by atoms with Crippen molar-refractivity contribution in [2.24, 2.45) is 23.2 Å². The van der Waals surface area contributed by atoms with E-state index < -0.39 is 22.0 Å². The molecule has 0 unspecified atom stereocenters. The van der Waals surface area contributed by atoms with Crippen LogP contribution < -0.4 is 0 Å². The molecule has 5 heteroatoms. The summed E-state index contributed by atoms with van der Waals surface area (Å²) in [7, 11) is -3.68. The van der Waals surface area contributed by atoms with Crippen LogP contribution in [0.5, 0.6) is 0 Å². The molecule has 152 valence electrons. The molecule has 3 nitrogen and oxygen atoms in total. The highest BCUT2D eigenvalue weighted by atomic mass is 28.4. The van der Waals surface area contributed by atoms with Crippen molar-refractivity contribution >= 4 is 22.6 Å². The number of rotatable bonds is 5. The molecule has 0 saturated carbocycles. The summed E-state index contributed by atoms with van der Waals surface area (Å²) in [6.45, 7) is 19.3. The molecule has 2 aliphatic carbocycles. The second-order valence-corrected chi connectivity index (χ2v) is 19.1. The molecule has 0 spiro atoms. The summed E-state index contributed by atoms with van der Waals surface area (Å²) in [5.41, 5.74) is 0.787. The summed E-state index contributed by atoms with van der Waals surface area (Å²) in [5, 5.41) is 0. The minimum atomic E-state index is -1.96. The normalized spacial score (nSPS) is 31.8. The van der Waals surface area contributed by atoms with E-state index in [9.17, 15) is 4.79 Å². The van der Waals surface area contributed by atoms with Crippen molar-refractivity contribution in [3.8, 4) is 0 Å². The molecule has 0 bridgehead atoms. The second kappa shape index (κ2) is 7.74. The van der Waals surface area contributed by atoms with Crippen molar-refractivity contribution in [2.75, 3.05) is 0 Å². The molecule has 0 saturated heterocycles. The fourth-order valence-corrected chi connectivity index (χ4v) is 6.10. The highest BCUT2D eigenvalue weighted by molar-refractivity contribution is 6.71. The van der Waals surface area contributed by atoms with Gasteiger partial charge in [-0.15, -0.1) is 0 Å². The first-order chi connectivity index (χ1) is 12.3. The zero-order chi connectivity index (χ0) is 20.6. The van der Waals surface area contributed by atoms with Gasteiger partial charge in [0.2, 0.25) is 16.6 Å². The standard InChI is InChI=1S/C22H38O3Si2/c1-10-11-17-13-14-18-19(22(17,3)21(23)25-27(7,8)9)15-12-16(2)20(18)24-26(4,5)6/h10-11,13-14,17-19H,12,15H2,1-9H3/b11-10+/t17-,18+,19-,22-/m1/s1. The molecule has 0 heterocycles. The average Bonchev–Trinajstić information content (AvgIpc) is 2.50. The van der Waals surface area contributed by atoms with Crippen LogP contribution in [0.1, 0.15) is 33.6 Å². The Labute approximate surface area is 168 Å².